The predicted molar refractivity (Wildman–Crippen MR) is 334 cm³/mol. The lowest BCUT2D eigenvalue weighted by atomic mass is 10.0. The van der Waals surface area contributed by atoms with Crippen LogP contribution in [0, 0.1) is 0 Å². The van der Waals surface area contributed by atoms with Crippen molar-refractivity contribution in [1.82, 2.24) is 0 Å². The van der Waals surface area contributed by atoms with Crippen LogP contribution in [0.5, 0.6) is 0 Å². The van der Waals surface area contributed by atoms with Crippen molar-refractivity contribution in [2.24, 2.45) is 0 Å². The third kappa shape index (κ3) is 62.8. The Balaban J connectivity index is 4.31. The molecule has 0 aromatic heterocycles. The number of allylic oxidation sites excluding steroid dienone is 18. The van der Waals surface area contributed by atoms with Gasteiger partial charge in [-0.3, -0.25) is 14.4 Å². The molecule has 0 radical (unpaired) electrons. The van der Waals surface area contributed by atoms with Crippen LogP contribution in [0.3, 0.4) is 0 Å². The molecule has 0 spiro atoms. The van der Waals surface area contributed by atoms with E-state index < -0.39 is 6.10 Å². The SMILES string of the molecule is CC/C=C\C/C=C\C/C=C\C/C=C\C/C=C\C/C=C\C/C=C\C/C=C\C/C=C\CCCCCC(=O)OCC(COC(=O)CCCCCCCCCCCC)OC(=O)CCCCCCCCCCCCCCCCCCCC. The molecule has 0 aliphatic heterocycles. The Hall–Kier alpha value is -3.93. The minimum absolute atomic E-state index is 0.0853. The molecule has 77 heavy (non-hydrogen) atoms. The maximum Gasteiger partial charge on any atom is 0.306 e. The van der Waals surface area contributed by atoms with Crippen molar-refractivity contribution >= 4 is 17.9 Å². The first-order valence-corrected chi connectivity index (χ1v) is 32.4. The van der Waals surface area contributed by atoms with Gasteiger partial charge in [-0.2, -0.15) is 0 Å². The molecule has 0 saturated carbocycles. The van der Waals surface area contributed by atoms with Gasteiger partial charge in [-0.15, -0.1) is 0 Å². The van der Waals surface area contributed by atoms with Gasteiger partial charge in [0.15, 0.2) is 6.10 Å². The van der Waals surface area contributed by atoms with E-state index in [9.17, 15) is 14.4 Å². The van der Waals surface area contributed by atoms with Crippen LogP contribution in [0.15, 0.2) is 109 Å². The number of carbonyl (C=O) groups is 3. The van der Waals surface area contributed by atoms with Crippen molar-refractivity contribution in [1.29, 1.82) is 0 Å². The normalized spacial score (nSPS) is 12.8. The summed E-state index contributed by atoms with van der Waals surface area (Å²) in [4.78, 5) is 38.2. The molecule has 0 rings (SSSR count). The molecule has 0 bridgehead atoms. The Morgan fingerprint density at radius 3 is 0.792 bits per heavy atom. The number of hydrogen-bond acceptors (Lipinski definition) is 6. The topological polar surface area (TPSA) is 78.9 Å². The van der Waals surface area contributed by atoms with E-state index in [4.69, 9.17) is 14.2 Å². The molecule has 0 aromatic carbocycles. The Morgan fingerprint density at radius 1 is 0.273 bits per heavy atom. The molecule has 6 nitrogen and oxygen atoms in total. The number of rotatable bonds is 58. The zero-order valence-electron chi connectivity index (χ0n) is 50.4. The average Bonchev–Trinajstić information content (AvgIpc) is 3.43. The zero-order valence-corrected chi connectivity index (χ0v) is 50.4. The average molecular weight is 1070 g/mol. The van der Waals surface area contributed by atoms with Crippen LogP contribution in [0.25, 0.3) is 0 Å². The van der Waals surface area contributed by atoms with Gasteiger partial charge in [0.2, 0.25) is 0 Å². The first kappa shape index (κ1) is 73.1. The monoisotopic (exact) mass is 1070 g/mol. The van der Waals surface area contributed by atoms with Gasteiger partial charge in [0, 0.05) is 19.3 Å². The van der Waals surface area contributed by atoms with Crippen LogP contribution >= 0.6 is 0 Å². The summed E-state index contributed by atoms with van der Waals surface area (Å²) in [6, 6.07) is 0. The van der Waals surface area contributed by atoms with Gasteiger partial charge in [0.1, 0.15) is 13.2 Å². The largest absolute Gasteiger partial charge is 0.462 e. The van der Waals surface area contributed by atoms with Crippen molar-refractivity contribution in [3.8, 4) is 0 Å². The highest BCUT2D eigenvalue weighted by Crippen LogP contribution is 2.16. The molecular formula is C71H120O6. The fraction of sp³-hybridized carbons (Fsp3) is 0.704. The van der Waals surface area contributed by atoms with Crippen LogP contribution in [0.2, 0.25) is 0 Å². The highest BCUT2D eigenvalue weighted by molar-refractivity contribution is 5.71. The molecule has 440 valence electrons. The van der Waals surface area contributed by atoms with E-state index in [0.717, 1.165) is 122 Å². The van der Waals surface area contributed by atoms with Crippen molar-refractivity contribution in [3.05, 3.63) is 109 Å². The maximum absolute atomic E-state index is 12.9. The van der Waals surface area contributed by atoms with Crippen LogP contribution in [-0.2, 0) is 28.6 Å². The zero-order chi connectivity index (χ0) is 55.7. The first-order valence-electron chi connectivity index (χ1n) is 32.4. The molecule has 0 aliphatic carbocycles. The summed E-state index contributed by atoms with van der Waals surface area (Å²) in [5.41, 5.74) is 0. The highest BCUT2D eigenvalue weighted by atomic mass is 16.6. The number of unbranched alkanes of at least 4 members (excludes halogenated alkanes) is 29. The molecule has 0 fully saturated rings. The Bertz CT molecular complexity index is 1560. The molecule has 0 amide bonds. The van der Waals surface area contributed by atoms with Gasteiger partial charge >= 0.3 is 17.9 Å². The first-order chi connectivity index (χ1) is 38.0. The molecule has 0 aliphatic rings. The Morgan fingerprint density at radius 2 is 0.506 bits per heavy atom. The van der Waals surface area contributed by atoms with Gasteiger partial charge in [-0.25, -0.2) is 0 Å². The van der Waals surface area contributed by atoms with Gasteiger partial charge in [-0.1, -0.05) is 304 Å². The van der Waals surface area contributed by atoms with E-state index in [1.807, 2.05) is 0 Å². The summed E-state index contributed by atoms with van der Waals surface area (Å²) in [7, 11) is 0. The van der Waals surface area contributed by atoms with Gasteiger partial charge < -0.3 is 14.2 Å². The van der Waals surface area contributed by atoms with Crippen LogP contribution in [0.4, 0.5) is 0 Å². The Labute approximate surface area is 476 Å². The molecule has 0 heterocycles. The molecule has 1 atom stereocenters. The minimum Gasteiger partial charge on any atom is -0.462 e. The van der Waals surface area contributed by atoms with E-state index in [1.165, 1.54) is 141 Å². The number of ether oxygens (including phenoxy) is 3. The maximum atomic E-state index is 12.9. The van der Waals surface area contributed by atoms with Crippen LogP contribution in [-0.4, -0.2) is 37.2 Å². The van der Waals surface area contributed by atoms with E-state index >= 15 is 0 Å². The predicted octanol–water partition coefficient (Wildman–Crippen LogP) is 22.2. The van der Waals surface area contributed by atoms with E-state index in [2.05, 4.69) is 130 Å². The van der Waals surface area contributed by atoms with E-state index in [0.29, 0.717) is 19.3 Å². The third-order valence-electron chi connectivity index (χ3n) is 13.8. The fourth-order valence-corrected chi connectivity index (χ4v) is 8.97. The molecule has 0 aromatic rings. The minimum atomic E-state index is -0.790. The highest BCUT2D eigenvalue weighted by Gasteiger charge is 2.19. The number of esters is 3. The van der Waals surface area contributed by atoms with Gasteiger partial charge in [0.25, 0.3) is 0 Å². The number of carbonyl (C=O) groups excluding carboxylic acids is 3. The van der Waals surface area contributed by atoms with Crippen molar-refractivity contribution in [2.75, 3.05) is 13.2 Å². The van der Waals surface area contributed by atoms with Crippen molar-refractivity contribution in [3.63, 3.8) is 0 Å². The summed E-state index contributed by atoms with van der Waals surface area (Å²) >= 11 is 0. The summed E-state index contributed by atoms with van der Waals surface area (Å²) in [6.45, 7) is 6.51. The lowest BCUT2D eigenvalue weighted by molar-refractivity contribution is -0.167. The molecule has 6 heteroatoms. The van der Waals surface area contributed by atoms with E-state index in [-0.39, 0.29) is 31.1 Å². The van der Waals surface area contributed by atoms with Crippen LogP contribution in [0.1, 0.15) is 303 Å². The molecule has 0 N–H and O–H groups in total. The van der Waals surface area contributed by atoms with Gasteiger partial charge in [0.05, 0.1) is 0 Å². The fourth-order valence-electron chi connectivity index (χ4n) is 8.97. The molecule has 0 saturated heterocycles. The van der Waals surface area contributed by atoms with Gasteiger partial charge in [-0.05, 0) is 89.9 Å². The second kappa shape index (κ2) is 64.6. The summed E-state index contributed by atoms with van der Waals surface area (Å²) in [6.07, 6.45) is 88.2. The summed E-state index contributed by atoms with van der Waals surface area (Å²) < 4.78 is 16.9. The standard InChI is InChI=1S/C71H120O6/c1-4-7-10-13-16-19-22-24-26-28-30-31-32-33-34-35-36-37-38-39-40-41-42-44-45-47-49-52-55-58-61-64-70(73)76-67-68(66-75-69(72)63-60-57-54-51-21-18-15-12-9-6-3)77-71(74)65-62-59-56-53-50-48-46-43-29-27-25-23-20-17-14-11-8-5-2/h7,10,16,19,24,26,30-31,33-34,36-37,39-40,42,44,47,49,68H,4-6,8-9,11-15,17-18,20-23,25,27-29,32,35,38,41,43,45-46,48,50-67H2,1-3H3/b10-7-,19-16-,26-24-,31-30-,34-33-,37-36-,40-39-,44-42-,49-47-. The lowest BCUT2D eigenvalue weighted by Crippen LogP contribution is -2.30. The van der Waals surface area contributed by atoms with E-state index in [1.54, 1.807) is 0 Å². The van der Waals surface area contributed by atoms with Crippen molar-refractivity contribution in [2.45, 2.75) is 309 Å². The number of hydrogen-bond donors (Lipinski definition) is 0. The van der Waals surface area contributed by atoms with Crippen molar-refractivity contribution < 1.29 is 28.6 Å². The summed E-state index contributed by atoms with van der Waals surface area (Å²) in [5.74, 6) is -0.911. The quantitative estimate of drug-likeness (QED) is 0.0261. The second-order valence-electron chi connectivity index (χ2n) is 21.3. The smallest absolute Gasteiger partial charge is 0.306 e. The second-order valence-corrected chi connectivity index (χ2v) is 21.3. The summed E-state index contributed by atoms with van der Waals surface area (Å²) in [5, 5.41) is 0. The third-order valence-corrected chi connectivity index (χ3v) is 13.8. The Kier molecular flexibility index (Phi) is 61.3. The van der Waals surface area contributed by atoms with Crippen LogP contribution < -0.4 is 0 Å². The molecular weight excluding hydrogens is 949 g/mol. The molecule has 1 unspecified atom stereocenters. The lowest BCUT2D eigenvalue weighted by Gasteiger charge is -2.18.